The van der Waals surface area contributed by atoms with Gasteiger partial charge in [0.15, 0.2) is 6.23 Å². The Morgan fingerprint density at radius 3 is 2.58 bits per heavy atom. The number of alkyl halides is 2. The fraction of sp³-hybridized carbons (Fsp3) is 0.353. The van der Waals surface area contributed by atoms with Crippen LogP contribution >= 0.6 is 0 Å². The molecule has 1 aromatic carbocycles. The zero-order valence-electron chi connectivity index (χ0n) is 14.1. The smallest absolute Gasteiger partial charge is 0.351 e. The number of ether oxygens (including phenoxy) is 2. The van der Waals surface area contributed by atoms with Crippen molar-refractivity contribution < 1.29 is 23.0 Å². The van der Waals surface area contributed by atoms with Crippen LogP contribution in [0.25, 0.3) is 0 Å². The van der Waals surface area contributed by atoms with Crippen molar-refractivity contribution in [3.63, 3.8) is 0 Å². The monoisotopic (exact) mass is 367 g/mol. The van der Waals surface area contributed by atoms with Gasteiger partial charge in [0, 0.05) is 13.1 Å². The summed E-state index contributed by atoms with van der Waals surface area (Å²) in [6.45, 7) is 1.54. The zero-order valence-corrected chi connectivity index (χ0v) is 14.1. The molecule has 2 rings (SSSR count). The summed E-state index contributed by atoms with van der Waals surface area (Å²) in [6.07, 6.45) is -3.63. The topological polar surface area (TPSA) is 82.5 Å². The molecule has 0 aliphatic heterocycles. The molecule has 9 heteroatoms. The molecule has 0 fully saturated rings. The quantitative estimate of drug-likeness (QED) is 0.687. The number of carbonyl (C=O) groups is 1. The molecular formula is C17H19F2N3O4. The lowest BCUT2D eigenvalue weighted by molar-refractivity contribution is -0.114. The van der Waals surface area contributed by atoms with Gasteiger partial charge >= 0.3 is 5.69 Å². The molecule has 0 saturated heterocycles. The number of halogens is 2. The number of hydrogen-bond donors (Lipinski definition) is 1. The Hall–Kier alpha value is -2.65. The Kier molecular flexibility index (Phi) is 7.37. The third kappa shape index (κ3) is 6.01. The molecule has 0 radical (unpaired) electrons. The molecule has 1 N–H and O–H groups in total. The number of nitrogens with one attached hydrogen (secondary N) is 1. The van der Waals surface area contributed by atoms with Gasteiger partial charge in [-0.2, -0.15) is 4.98 Å². The molecule has 0 aliphatic rings. The fourth-order valence-corrected chi connectivity index (χ4v) is 2.12. The molecule has 0 aliphatic carbocycles. The lowest BCUT2D eigenvalue weighted by Crippen LogP contribution is -2.33. The summed E-state index contributed by atoms with van der Waals surface area (Å²) in [4.78, 5) is 26.4. The first kappa shape index (κ1) is 19.7. The number of anilines is 1. The molecule has 1 unspecified atom stereocenters. The second kappa shape index (κ2) is 9.73. The molecule has 0 spiro atoms. The first-order valence-corrected chi connectivity index (χ1v) is 7.85. The van der Waals surface area contributed by atoms with Crippen molar-refractivity contribution in [3.05, 3.63) is 58.6 Å². The number of carbonyl (C=O) groups excluding carboxylic acids is 1. The number of rotatable bonds is 9. The van der Waals surface area contributed by atoms with Crippen molar-refractivity contribution in [2.75, 3.05) is 18.5 Å². The second-order valence-corrected chi connectivity index (χ2v) is 5.32. The minimum Gasteiger partial charge on any atom is -0.374 e. The van der Waals surface area contributed by atoms with E-state index >= 15 is 0 Å². The summed E-state index contributed by atoms with van der Waals surface area (Å²) < 4.78 is 37.6. The highest BCUT2D eigenvalue weighted by Crippen LogP contribution is 2.16. The van der Waals surface area contributed by atoms with Crippen LogP contribution in [-0.4, -0.2) is 35.1 Å². The number of amides is 1. The van der Waals surface area contributed by atoms with Crippen LogP contribution in [0, 0.1) is 0 Å². The zero-order chi connectivity index (χ0) is 18.9. The van der Waals surface area contributed by atoms with E-state index in [2.05, 4.69) is 10.3 Å². The predicted molar refractivity (Wildman–Crippen MR) is 89.9 cm³/mol. The molecule has 1 aromatic heterocycles. The first-order chi connectivity index (χ1) is 12.5. The van der Waals surface area contributed by atoms with Gasteiger partial charge in [-0.25, -0.2) is 13.6 Å². The van der Waals surface area contributed by atoms with E-state index in [1.54, 1.807) is 0 Å². The molecular weight excluding hydrogens is 348 g/mol. The van der Waals surface area contributed by atoms with Gasteiger partial charge in [0.1, 0.15) is 5.82 Å². The number of benzene rings is 1. The summed E-state index contributed by atoms with van der Waals surface area (Å²) in [6, 6.07) is 10.6. The van der Waals surface area contributed by atoms with Gasteiger partial charge in [-0.1, -0.05) is 30.3 Å². The molecule has 26 heavy (non-hydrogen) atoms. The fourth-order valence-electron chi connectivity index (χ4n) is 2.12. The highest BCUT2D eigenvalue weighted by Gasteiger charge is 2.24. The number of aromatic nitrogens is 2. The summed E-state index contributed by atoms with van der Waals surface area (Å²) >= 11 is 0. The second-order valence-electron chi connectivity index (χ2n) is 5.32. The van der Waals surface area contributed by atoms with Gasteiger partial charge in [0.25, 0.3) is 6.43 Å². The minimum absolute atomic E-state index is 0.0158. The maximum absolute atomic E-state index is 13.2. The van der Waals surface area contributed by atoms with E-state index < -0.39 is 24.3 Å². The van der Waals surface area contributed by atoms with Gasteiger partial charge in [0.05, 0.1) is 19.8 Å². The molecule has 0 saturated carbocycles. The maximum Gasteiger partial charge on any atom is 0.351 e. The third-order valence-corrected chi connectivity index (χ3v) is 3.25. The van der Waals surface area contributed by atoms with Crippen molar-refractivity contribution in [1.29, 1.82) is 0 Å². The van der Waals surface area contributed by atoms with E-state index in [1.807, 2.05) is 30.3 Å². The number of nitrogens with zero attached hydrogens (tertiary/aromatic N) is 2. The van der Waals surface area contributed by atoms with Crippen LogP contribution in [0.3, 0.4) is 0 Å². The van der Waals surface area contributed by atoms with Gasteiger partial charge in [0.2, 0.25) is 5.91 Å². The molecule has 1 heterocycles. The molecule has 1 amide bonds. The van der Waals surface area contributed by atoms with E-state index in [0.717, 1.165) is 11.8 Å². The Balaban J connectivity index is 1.90. The SMILES string of the molecule is CC(=O)Nc1ccn(C(OCCOCc2ccccc2)C(F)F)c(=O)n1. The highest BCUT2D eigenvalue weighted by molar-refractivity contribution is 5.87. The van der Waals surface area contributed by atoms with E-state index in [9.17, 15) is 18.4 Å². The van der Waals surface area contributed by atoms with Crippen LogP contribution in [0.4, 0.5) is 14.6 Å². The third-order valence-electron chi connectivity index (χ3n) is 3.25. The van der Waals surface area contributed by atoms with Gasteiger partial charge in [-0.15, -0.1) is 0 Å². The summed E-state index contributed by atoms with van der Waals surface area (Å²) in [7, 11) is 0. The lowest BCUT2D eigenvalue weighted by Gasteiger charge is -2.19. The Bertz CT molecular complexity index is 768. The van der Waals surface area contributed by atoms with E-state index in [1.165, 1.54) is 13.0 Å². The lowest BCUT2D eigenvalue weighted by atomic mass is 10.2. The number of hydrogen-bond acceptors (Lipinski definition) is 5. The highest BCUT2D eigenvalue weighted by atomic mass is 19.3. The molecule has 2 aromatic rings. The van der Waals surface area contributed by atoms with Crippen molar-refractivity contribution in [2.45, 2.75) is 26.2 Å². The Morgan fingerprint density at radius 1 is 1.23 bits per heavy atom. The summed E-state index contributed by atoms with van der Waals surface area (Å²) in [5.41, 5.74) is -0.00126. The predicted octanol–water partition coefficient (Wildman–Crippen LogP) is 2.20. The van der Waals surface area contributed by atoms with Crippen LogP contribution in [0.15, 0.2) is 47.4 Å². The molecule has 1 atom stereocenters. The summed E-state index contributed by atoms with van der Waals surface area (Å²) in [5, 5.41) is 2.30. The van der Waals surface area contributed by atoms with E-state index in [4.69, 9.17) is 9.47 Å². The average molecular weight is 367 g/mol. The van der Waals surface area contributed by atoms with E-state index in [-0.39, 0.29) is 19.0 Å². The molecule has 7 nitrogen and oxygen atoms in total. The Morgan fingerprint density at radius 2 is 1.96 bits per heavy atom. The van der Waals surface area contributed by atoms with E-state index in [0.29, 0.717) is 11.2 Å². The minimum atomic E-state index is -2.93. The van der Waals surface area contributed by atoms with Crippen LogP contribution < -0.4 is 11.0 Å². The van der Waals surface area contributed by atoms with Crippen LogP contribution in [0.5, 0.6) is 0 Å². The van der Waals surface area contributed by atoms with Crippen molar-refractivity contribution in [2.24, 2.45) is 0 Å². The first-order valence-electron chi connectivity index (χ1n) is 7.85. The van der Waals surface area contributed by atoms with Gasteiger partial charge in [-0.3, -0.25) is 9.36 Å². The van der Waals surface area contributed by atoms with Crippen molar-refractivity contribution >= 4 is 11.7 Å². The van der Waals surface area contributed by atoms with Crippen LogP contribution in [0.2, 0.25) is 0 Å². The molecule has 140 valence electrons. The van der Waals surface area contributed by atoms with Crippen LogP contribution in [-0.2, 0) is 20.9 Å². The summed E-state index contributed by atoms with van der Waals surface area (Å²) in [5.74, 6) is -0.440. The van der Waals surface area contributed by atoms with Gasteiger partial charge < -0.3 is 14.8 Å². The maximum atomic E-state index is 13.2. The van der Waals surface area contributed by atoms with Gasteiger partial charge in [-0.05, 0) is 11.6 Å². The normalized spacial score (nSPS) is 12.2. The Labute approximate surface area is 148 Å². The largest absolute Gasteiger partial charge is 0.374 e. The van der Waals surface area contributed by atoms with Crippen molar-refractivity contribution in [1.82, 2.24) is 9.55 Å². The molecule has 0 bridgehead atoms. The van der Waals surface area contributed by atoms with Crippen LogP contribution in [0.1, 0.15) is 18.7 Å². The average Bonchev–Trinajstić information content (AvgIpc) is 2.59. The standard InChI is InChI=1S/C17H19F2N3O4/c1-12(23)20-14-7-8-22(17(24)21-14)16(15(18)19)26-10-9-25-11-13-5-3-2-4-6-13/h2-8,15-16H,9-11H2,1H3,(H,20,21,23,24). The van der Waals surface area contributed by atoms with Crippen molar-refractivity contribution in [3.8, 4) is 0 Å².